The summed E-state index contributed by atoms with van der Waals surface area (Å²) in [6.45, 7) is 4.46. The first kappa shape index (κ1) is 13.5. The third-order valence-electron chi connectivity index (χ3n) is 4.00. The predicted molar refractivity (Wildman–Crippen MR) is 73.2 cm³/mol. The summed E-state index contributed by atoms with van der Waals surface area (Å²) in [5.74, 6) is -0.130. The van der Waals surface area contributed by atoms with Crippen LogP contribution in [0.4, 0.5) is 4.39 Å². The minimum Gasteiger partial charge on any atom is -0.317 e. The monoisotopic (exact) mass is 250 g/mol. The summed E-state index contributed by atoms with van der Waals surface area (Å²) in [5, 5.41) is 3.36. The van der Waals surface area contributed by atoms with Crippen LogP contribution in [0.3, 0.4) is 0 Å². The minimum absolute atomic E-state index is 0.130. The zero-order valence-electron chi connectivity index (χ0n) is 11.3. The predicted octanol–water partition coefficient (Wildman–Crippen LogP) is 2.44. The first-order chi connectivity index (χ1) is 8.69. The molecule has 2 rings (SSSR count). The van der Waals surface area contributed by atoms with E-state index in [4.69, 9.17) is 0 Å². The van der Waals surface area contributed by atoms with Crippen molar-refractivity contribution in [2.75, 3.05) is 20.1 Å². The maximum atomic E-state index is 13.1. The molecule has 0 radical (unpaired) electrons. The van der Waals surface area contributed by atoms with Crippen LogP contribution in [0, 0.1) is 5.82 Å². The van der Waals surface area contributed by atoms with Gasteiger partial charge < -0.3 is 10.2 Å². The lowest BCUT2D eigenvalue weighted by molar-refractivity contribution is 0.140. The summed E-state index contributed by atoms with van der Waals surface area (Å²) in [6, 6.07) is 8.22. The third-order valence-corrected chi connectivity index (χ3v) is 4.00. The smallest absolute Gasteiger partial charge is 0.123 e. The van der Waals surface area contributed by atoms with Crippen molar-refractivity contribution < 1.29 is 4.39 Å². The highest BCUT2D eigenvalue weighted by molar-refractivity contribution is 5.16. The number of nitrogens with one attached hydrogen (secondary N) is 1. The molecule has 1 fully saturated rings. The Labute approximate surface area is 109 Å². The molecule has 2 atom stereocenters. The largest absolute Gasteiger partial charge is 0.317 e. The van der Waals surface area contributed by atoms with Crippen molar-refractivity contribution in [3.63, 3.8) is 0 Å². The van der Waals surface area contributed by atoms with E-state index in [-0.39, 0.29) is 5.82 Å². The number of benzene rings is 1. The van der Waals surface area contributed by atoms with Crippen LogP contribution in [-0.2, 0) is 6.42 Å². The molecule has 2 unspecified atom stereocenters. The molecule has 3 heteroatoms. The van der Waals surface area contributed by atoms with Gasteiger partial charge in [0, 0.05) is 18.6 Å². The molecule has 1 heterocycles. The molecular formula is C15H23FN2. The van der Waals surface area contributed by atoms with E-state index in [1.165, 1.54) is 18.9 Å². The SMILES string of the molecule is CNC1CCN(CCc2cccc(F)c2)C(C)C1. The number of hydrogen-bond acceptors (Lipinski definition) is 2. The first-order valence-electron chi connectivity index (χ1n) is 6.85. The Morgan fingerprint density at radius 3 is 2.94 bits per heavy atom. The van der Waals surface area contributed by atoms with Crippen molar-refractivity contribution in [1.29, 1.82) is 0 Å². The van der Waals surface area contributed by atoms with Crippen LogP contribution in [0.5, 0.6) is 0 Å². The summed E-state index contributed by atoms with van der Waals surface area (Å²) in [6.07, 6.45) is 3.36. The molecule has 18 heavy (non-hydrogen) atoms. The van der Waals surface area contributed by atoms with E-state index >= 15 is 0 Å². The van der Waals surface area contributed by atoms with Crippen molar-refractivity contribution >= 4 is 0 Å². The van der Waals surface area contributed by atoms with E-state index in [9.17, 15) is 4.39 Å². The molecule has 2 nitrogen and oxygen atoms in total. The molecule has 1 N–H and O–H groups in total. The molecule has 0 saturated carbocycles. The Kier molecular flexibility index (Phi) is 4.72. The Morgan fingerprint density at radius 2 is 2.28 bits per heavy atom. The van der Waals surface area contributed by atoms with E-state index < -0.39 is 0 Å². The molecule has 0 spiro atoms. The highest BCUT2D eigenvalue weighted by Gasteiger charge is 2.23. The van der Waals surface area contributed by atoms with Crippen molar-refractivity contribution in [1.82, 2.24) is 10.2 Å². The van der Waals surface area contributed by atoms with Gasteiger partial charge in [-0.25, -0.2) is 4.39 Å². The number of halogens is 1. The molecular weight excluding hydrogens is 227 g/mol. The Morgan fingerprint density at radius 1 is 1.44 bits per heavy atom. The van der Waals surface area contributed by atoms with E-state index in [1.807, 2.05) is 13.1 Å². The summed E-state index contributed by atoms with van der Waals surface area (Å²) in [5.41, 5.74) is 1.10. The number of hydrogen-bond donors (Lipinski definition) is 1. The van der Waals surface area contributed by atoms with Gasteiger partial charge in [0.2, 0.25) is 0 Å². The van der Waals surface area contributed by atoms with Gasteiger partial charge >= 0.3 is 0 Å². The van der Waals surface area contributed by atoms with Crippen molar-refractivity contribution in [2.45, 2.75) is 38.3 Å². The van der Waals surface area contributed by atoms with Crippen molar-refractivity contribution in [3.8, 4) is 0 Å². The molecule has 0 aromatic heterocycles. The fraction of sp³-hybridized carbons (Fsp3) is 0.600. The van der Waals surface area contributed by atoms with Crippen LogP contribution in [-0.4, -0.2) is 37.1 Å². The van der Waals surface area contributed by atoms with Gasteiger partial charge in [-0.15, -0.1) is 0 Å². The van der Waals surface area contributed by atoms with Gasteiger partial charge in [-0.3, -0.25) is 0 Å². The van der Waals surface area contributed by atoms with Gasteiger partial charge in [0.1, 0.15) is 5.82 Å². The summed E-state index contributed by atoms with van der Waals surface area (Å²) < 4.78 is 13.1. The fourth-order valence-electron chi connectivity index (χ4n) is 2.78. The molecule has 1 aromatic rings. The van der Waals surface area contributed by atoms with Crippen LogP contribution in [0.1, 0.15) is 25.3 Å². The summed E-state index contributed by atoms with van der Waals surface area (Å²) >= 11 is 0. The molecule has 1 aromatic carbocycles. The van der Waals surface area contributed by atoms with Crippen LogP contribution in [0.25, 0.3) is 0 Å². The lowest BCUT2D eigenvalue weighted by Crippen LogP contribution is -2.47. The van der Waals surface area contributed by atoms with Crippen molar-refractivity contribution in [3.05, 3.63) is 35.6 Å². The van der Waals surface area contributed by atoms with Gasteiger partial charge in [0.05, 0.1) is 0 Å². The van der Waals surface area contributed by atoms with Crippen LogP contribution in [0.15, 0.2) is 24.3 Å². The Balaban J connectivity index is 1.83. The molecule has 0 aliphatic carbocycles. The van der Waals surface area contributed by atoms with Gasteiger partial charge in [0.15, 0.2) is 0 Å². The van der Waals surface area contributed by atoms with Crippen LogP contribution < -0.4 is 5.32 Å². The van der Waals surface area contributed by atoms with Crippen LogP contribution >= 0.6 is 0 Å². The topological polar surface area (TPSA) is 15.3 Å². The van der Waals surface area contributed by atoms with Crippen molar-refractivity contribution in [2.24, 2.45) is 0 Å². The quantitative estimate of drug-likeness (QED) is 0.883. The fourth-order valence-corrected chi connectivity index (χ4v) is 2.78. The number of rotatable bonds is 4. The molecule has 100 valence electrons. The van der Waals surface area contributed by atoms with E-state index in [1.54, 1.807) is 12.1 Å². The van der Waals surface area contributed by atoms with E-state index in [0.717, 1.165) is 25.1 Å². The average molecular weight is 250 g/mol. The zero-order chi connectivity index (χ0) is 13.0. The number of nitrogens with zero attached hydrogens (tertiary/aromatic N) is 1. The molecule has 1 aliphatic rings. The third kappa shape index (κ3) is 3.53. The molecule has 1 saturated heterocycles. The number of likely N-dealkylation sites (tertiary alicyclic amines) is 1. The zero-order valence-corrected chi connectivity index (χ0v) is 11.3. The Hall–Kier alpha value is -0.930. The average Bonchev–Trinajstić information content (AvgIpc) is 2.37. The summed E-state index contributed by atoms with van der Waals surface area (Å²) in [4.78, 5) is 2.51. The van der Waals surface area contributed by atoms with E-state index in [0.29, 0.717) is 12.1 Å². The second-order valence-corrected chi connectivity index (χ2v) is 5.27. The first-order valence-corrected chi connectivity index (χ1v) is 6.85. The molecule has 0 bridgehead atoms. The maximum absolute atomic E-state index is 13.1. The molecule has 1 aliphatic heterocycles. The number of piperidine rings is 1. The highest BCUT2D eigenvalue weighted by Crippen LogP contribution is 2.17. The van der Waals surface area contributed by atoms with E-state index in [2.05, 4.69) is 17.1 Å². The van der Waals surface area contributed by atoms with Gasteiger partial charge in [-0.1, -0.05) is 12.1 Å². The summed E-state index contributed by atoms with van der Waals surface area (Å²) in [7, 11) is 2.04. The van der Waals surface area contributed by atoms with Crippen LogP contribution in [0.2, 0.25) is 0 Å². The lowest BCUT2D eigenvalue weighted by Gasteiger charge is -2.37. The van der Waals surface area contributed by atoms with Gasteiger partial charge in [0.25, 0.3) is 0 Å². The maximum Gasteiger partial charge on any atom is 0.123 e. The highest BCUT2D eigenvalue weighted by atomic mass is 19.1. The van der Waals surface area contributed by atoms with Gasteiger partial charge in [-0.2, -0.15) is 0 Å². The standard InChI is InChI=1S/C15H23FN2/c1-12-10-15(17-2)7-9-18(12)8-6-13-4-3-5-14(16)11-13/h3-5,11-12,15,17H,6-10H2,1-2H3. The Bertz CT molecular complexity index is 381. The second kappa shape index (κ2) is 6.30. The lowest BCUT2D eigenvalue weighted by atomic mass is 9.98. The molecule has 0 amide bonds. The normalized spacial score (nSPS) is 25.3. The minimum atomic E-state index is -0.130. The second-order valence-electron chi connectivity index (χ2n) is 5.27. The van der Waals surface area contributed by atoms with Gasteiger partial charge in [-0.05, 0) is 57.5 Å².